The van der Waals surface area contributed by atoms with Crippen molar-refractivity contribution in [2.24, 2.45) is 5.10 Å². The van der Waals surface area contributed by atoms with Gasteiger partial charge in [-0.05, 0) is 6.92 Å². The fourth-order valence-electron chi connectivity index (χ4n) is 1.82. The molecule has 0 saturated heterocycles. The molecule has 1 aromatic heterocycles. The standard InChI is InChI=1S/C13H14N4O4/c1-3-21-13(18)15-14-8-12-9(2)16(19)10-6-4-5-7-11(10)17(12)20/h4-8H,3H2,1-2H3,(H,15,18)/b14-8+. The normalized spacial score (nSPS) is 11.0. The smallest absolute Gasteiger partial charge is 0.427 e. The zero-order chi connectivity index (χ0) is 15.4. The minimum atomic E-state index is -0.736. The van der Waals surface area contributed by atoms with E-state index in [0.29, 0.717) is 9.46 Å². The van der Waals surface area contributed by atoms with Gasteiger partial charge in [-0.25, -0.2) is 10.2 Å². The Morgan fingerprint density at radius 1 is 1.33 bits per heavy atom. The van der Waals surface area contributed by atoms with E-state index >= 15 is 0 Å². The Balaban J connectivity index is 2.40. The largest absolute Gasteiger partial charge is 0.618 e. The van der Waals surface area contributed by atoms with Gasteiger partial charge in [0.25, 0.3) is 16.7 Å². The number of aromatic nitrogens is 2. The minimum absolute atomic E-state index is 0.0421. The Kier molecular flexibility index (Phi) is 4.17. The van der Waals surface area contributed by atoms with Gasteiger partial charge in [0, 0.05) is 19.1 Å². The number of nitrogens with one attached hydrogen (secondary N) is 1. The number of hydrogen-bond acceptors (Lipinski definition) is 5. The predicted octanol–water partition coefficient (Wildman–Crippen LogP) is 0.495. The molecule has 0 spiro atoms. The highest BCUT2D eigenvalue weighted by molar-refractivity contribution is 5.79. The summed E-state index contributed by atoms with van der Waals surface area (Å²) in [6.07, 6.45) is 0.375. The molecule has 0 aliphatic heterocycles. The highest BCUT2D eigenvalue weighted by Crippen LogP contribution is 2.07. The summed E-state index contributed by atoms with van der Waals surface area (Å²) in [5, 5.41) is 27.9. The molecule has 0 atom stereocenters. The number of carbonyl (C=O) groups excluding carboxylic acids is 1. The lowest BCUT2D eigenvalue weighted by molar-refractivity contribution is -0.634. The van der Waals surface area contributed by atoms with Gasteiger partial charge in [-0.3, -0.25) is 0 Å². The van der Waals surface area contributed by atoms with E-state index in [2.05, 4.69) is 15.3 Å². The molecule has 110 valence electrons. The number of benzene rings is 1. The van der Waals surface area contributed by atoms with Gasteiger partial charge >= 0.3 is 11.8 Å². The van der Waals surface area contributed by atoms with Crippen LogP contribution in [0.2, 0.25) is 0 Å². The first-order valence-electron chi connectivity index (χ1n) is 6.26. The second-order valence-corrected chi connectivity index (χ2v) is 4.14. The summed E-state index contributed by atoms with van der Waals surface area (Å²) in [4.78, 5) is 11.1. The van der Waals surface area contributed by atoms with Crippen molar-refractivity contribution < 1.29 is 19.0 Å². The Morgan fingerprint density at radius 2 is 1.95 bits per heavy atom. The van der Waals surface area contributed by atoms with E-state index in [0.717, 1.165) is 6.21 Å². The molecule has 8 nitrogen and oxygen atoms in total. The van der Waals surface area contributed by atoms with Gasteiger partial charge < -0.3 is 15.2 Å². The third-order valence-corrected chi connectivity index (χ3v) is 2.83. The maximum Gasteiger partial charge on any atom is 0.427 e. The van der Waals surface area contributed by atoms with Crippen LogP contribution in [-0.2, 0) is 4.74 Å². The molecule has 0 fully saturated rings. The van der Waals surface area contributed by atoms with Crippen molar-refractivity contribution in [2.45, 2.75) is 13.8 Å². The summed E-state index contributed by atoms with van der Waals surface area (Å²) in [7, 11) is 0. The van der Waals surface area contributed by atoms with Crippen molar-refractivity contribution in [3.05, 3.63) is 46.1 Å². The number of ether oxygens (including phenoxy) is 1. The summed E-state index contributed by atoms with van der Waals surface area (Å²) < 4.78 is 5.86. The van der Waals surface area contributed by atoms with Crippen molar-refractivity contribution in [3.63, 3.8) is 0 Å². The first-order valence-corrected chi connectivity index (χ1v) is 6.26. The second kappa shape index (κ2) is 6.04. The van der Waals surface area contributed by atoms with Gasteiger partial charge in [0.1, 0.15) is 6.21 Å². The number of hydrogen-bond donors (Lipinski definition) is 1. The number of rotatable bonds is 3. The van der Waals surface area contributed by atoms with E-state index in [1.54, 1.807) is 25.1 Å². The lowest BCUT2D eigenvalue weighted by Gasteiger charge is -2.08. The molecular weight excluding hydrogens is 276 g/mol. The quantitative estimate of drug-likeness (QED) is 0.384. The fourth-order valence-corrected chi connectivity index (χ4v) is 1.82. The number of amides is 1. The van der Waals surface area contributed by atoms with Gasteiger partial charge in [-0.2, -0.15) is 14.6 Å². The molecule has 2 rings (SSSR count). The number of fused-ring (bicyclic) bond motifs is 1. The van der Waals surface area contributed by atoms with E-state index in [9.17, 15) is 15.2 Å². The van der Waals surface area contributed by atoms with Crippen molar-refractivity contribution in [1.82, 2.24) is 5.43 Å². The maximum atomic E-state index is 12.2. The number of carbonyl (C=O) groups is 1. The van der Waals surface area contributed by atoms with Gasteiger partial charge in [0.2, 0.25) is 0 Å². The first kappa shape index (κ1) is 14.5. The Morgan fingerprint density at radius 3 is 2.57 bits per heavy atom. The first-order chi connectivity index (χ1) is 10.1. The average molecular weight is 290 g/mol. The third-order valence-electron chi connectivity index (χ3n) is 2.83. The van der Waals surface area contributed by atoms with Crippen LogP contribution in [0, 0.1) is 17.3 Å². The van der Waals surface area contributed by atoms with Crippen molar-refractivity contribution in [1.29, 1.82) is 0 Å². The maximum absolute atomic E-state index is 12.2. The van der Waals surface area contributed by atoms with Crippen LogP contribution in [0.15, 0.2) is 29.4 Å². The van der Waals surface area contributed by atoms with Gasteiger partial charge in [0.05, 0.1) is 6.61 Å². The van der Waals surface area contributed by atoms with Gasteiger partial charge in [-0.1, -0.05) is 12.1 Å². The number of para-hydroxylation sites is 2. The molecule has 1 aromatic carbocycles. The lowest BCUT2D eigenvalue weighted by atomic mass is 10.2. The van der Waals surface area contributed by atoms with E-state index in [4.69, 9.17) is 0 Å². The molecule has 0 bridgehead atoms. The van der Waals surface area contributed by atoms with Crippen LogP contribution in [0.1, 0.15) is 18.3 Å². The van der Waals surface area contributed by atoms with Crippen LogP contribution >= 0.6 is 0 Å². The molecule has 21 heavy (non-hydrogen) atoms. The number of nitrogens with zero attached hydrogens (tertiary/aromatic N) is 3. The van der Waals surface area contributed by atoms with Crippen LogP contribution in [0.5, 0.6) is 0 Å². The average Bonchev–Trinajstić information content (AvgIpc) is 2.49. The summed E-state index contributed by atoms with van der Waals surface area (Å²) in [5.41, 5.74) is 2.80. The second-order valence-electron chi connectivity index (χ2n) is 4.14. The molecule has 0 radical (unpaired) electrons. The van der Waals surface area contributed by atoms with Crippen LogP contribution in [-0.4, -0.2) is 18.9 Å². The molecule has 1 amide bonds. The zero-order valence-corrected chi connectivity index (χ0v) is 11.6. The van der Waals surface area contributed by atoms with E-state index < -0.39 is 6.09 Å². The summed E-state index contributed by atoms with van der Waals surface area (Å²) in [5.74, 6) is 0. The Bertz CT molecular complexity index is 715. The van der Waals surface area contributed by atoms with E-state index in [1.807, 2.05) is 0 Å². The fraction of sp³-hybridized carbons (Fsp3) is 0.231. The van der Waals surface area contributed by atoms with Crippen LogP contribution in [0.3, 0.4) is 0 Å². The van der Waals surface area contributed by atoms with E-state index in [1.165, 1.54) is 13.0 Å². The zero-order valence-electron chi connectivity index (χ0n) is 11.6. The van der Waals surface area contributed by atoms with Crippen LogP contribution in [0.25, 0.3) is 11.0 Å². The third kappa shape index (κ3) is 2.83. The van der Waals surface area contributed by atoms with Gasteiger partial charge in [-0.15, -0.1) is 0 Å². The molecule has 1 heterocycles. The highest BCUT2D eigenvalue weighted by Gasteiger charge is 2.23. The predicted molar refractivity (Wildman–Crippen MR) is 74.4 cm³/mol. The molecule has 0 saturated carbocycles. The Labute approximate surface area is 120 Å². The molecule has 0 unspecified atom stereocenters. The summed E-state index contributed by atoms with van der Waals surface area (Å²) >= 11 is 0. The van der Waals surface area contributed by atoms with Gasteiger partial charge in [0.15, 0.2) is 0 Å². The van der Waals surface area contributed by atoms with Crippen molar-refractivity contribution >= 4 is 23.3 Å². The highest BCUT2D eigenvalue weighted by atomic mass is 16.5. The van der Waals surface area contributed by atoms with Crippen LogP contribution in [0.4, 0.5) is 4.79 Å². The SMILES string of the molecule is CCOC(=O)N/N=C/c1c(C)[n+]([O-])c2ccccc2[n+]1[O-]. The molecule has 1 N–H and O–H groups in total. The number of hydrazone groups is 1. The monoisotopic (exact) mass is 290 g/mol. The molecule has 0 aliphatic carbocycles. The van der Waals surface area contributed by atoms with Crippen LogP contribution < -0.4 is 14.9 Å². The molecule has 0 aliphatic rings. The molecular formula is C13H14N4O4. The van der Waals surface area contributed by atoms with E-state index in [-0.39, 0.29) is 29.0 Å². The summed E-state index contributed by atoms with van der Waals surface area (Å²) in [6, 6.07) is 6.42. The van der Waals surface area contributed by atoms with Crippen molar-refractivity contribution in [3.8, 4) is 0 Å². The lowest BCUT2D eigenvalue weighted by Crippen LogP contribution is -2.44. The minimum Gasteiger partial charge on any atom is -0.618 e. The molecule has 8 heteroatoms. The topological polar surface area (TPSA) is 105 Å². The van der Waals surface area contributed by atoms with Crippen molar-refractivity contribution in [2.75, 3.05) is 6.61 Å². The summed E-state index contributed by atoms with van der Waals surface area (Å²) in [6.45, 7) is 3.36. The molecule has 2 aromatic rings. The Hall–Kier alpha value is -2.90.